The molecular formula is C31H30FN3O7. The lowest BCUT2D eigenvalue weighted by Crippen LogP contribution is -2.53. The van der Waals surface area contributed by atoms with Gasteiger partial charge in [-0.2, -0.15) is 0 Å². The van der Waals surface area contributed by atoms with Crippen molar-refractivity contribution in [3.05, 3.63) is 94.8 Å². The number of halogens is 1. The summed E-state index contributed by atoms with van der Waals surface area (Å²) in [6.07, 6.45) is 0.651. The van der Waals surface area contributed by atoms with Crippen LogP contribution in [-0.2, 0) is 34.1 Å². The summed E-state index contributed by atoms with van der Waals surface area (Å²) in [6, 6.07) is 19.0. The molecule has 2 N–H and O–H groups in total. The highest BCUT2D eigenvalue weighted by molar-refractivity contribution is 6.05. The van der Waals surface area contributed by atoms with Gasteiger partial charge in [-0.3, -0.25) is 29.4 Å². The Kier molecular flexibility index (Phi) is 8.77. The van der Waals surface area contributed by atoms with E-state index in [4.69, 9.17) is 19.4 Å². The first-order chi connectivity index (χ1) is 20.3. The lowest BCUT2D eigenvalue weighted by Gasteiger charge is -2.39. The second-order valence-electron chi connectivity index (χ2n) is 10.3. The molecule has 0 bridgehead atoms. The van der Waals surface area contributed by atoms with Gasteiger partial charge in [0, 0.05) is 37.2 Å². The fourth-order valence-electron chi connectivity index (χ4n) is 5.28. The van der Waals surface area contributed by atoms with Crippen LogP contribution in [-0.4, -0.2) is 64.3 Å². The number of rotatable bonds is 8. The summed E-state index contributed by atoms with van der Waals surface area (Å²) in [5, 5.41) is 9.22. The van der Waals surface area contributed by atoms with Crippen molar-refractivity contribution in [1.29, 1.82) is 0 Å². The fraction of sp³-hybridized carbons (Fsp3) is 0.290. The van der Waals surface area contributed by atoms with Gasteiger partial charge in [0.15, 0.2) is 0 Å². The number of piperidine rings is 1. The molecule has 1 atom stereocenters. The fourth-order valence-corrected chi connectivity index (χ4v) is 5.28. The zero-order chi connectivity index (χ0) is 29.6. The SMILES string of the molecule is O=C1CCC(N2Cc3c(OCc4ccc(CN5CC(Oc6ccc(F)cc6)C5)cc4)cccc3C2=O)C(=O)N1.O=CO. The summed E-state index contributed by atoms with van der Waals surface area (Å²) >= 11 is 0. The van der Waals surface area contributed by atoms with Crippen LogP contribution in [0.1, 0.15) is 39.9 Å². The van der Waals surface area contributed by atoms with E-state index in [1.165, 1.54) is 22.6 Å². The Balaban J connectivity index is 0.00000113. The molecule has 3 aromatic rings. The highest BCUT2D eigenvalue weighted by Gasteiger charge is 2.40. The minimum atomic E-state index is -0.654. The monoisotopic (exact) mass is 575 g/mol. The summed E-state index contributed by atoms with van der Waals surface area (Å²) in [5.74, 6) is 0.0794. The van der Waals surface area contributed by atoms with E-state index in [1.54, 1.807) is 24.3 Å². The number of amides is 3. The van der Waals surface area contributed by atoms with Crippen molar-refractivity contribution in [1.82, 2.24) is 15.1 Å². The van der Waals surface area contributed by atoms with Gasteiger partial charge in [0.1, 0.15) is 36.1 Å². The molecule has 0 saturated carbocycles. The number of hydrogen-bond donors (Lipinski definition) is 2. The Morgan fingerprint density at radius 1 is 0.976 bits per heavy atom. The van der Waals surface area contributed by atoms with E-state index >= 15 is 0 Å². The van der Waals surface area contributed by atoms with Crippen molar-refractivity contribution < 1.29 is 38.1 Å². The van der Waals surface area contributed by atoms with Crippen LogP contribution < -0.4 is 14.8 Å². The normalized spacial score (nSPS) is 18.4. The maximum Gasteiger partial charge on any atom is 0.290 e. The maximum absolute atomic E-state index is 13.0. The second kappa shape index (κ2) is 12.8. The number of nitrogens with one attached hydrogen (secondary N) is 1. The lowest BCUT2D eigenvalue weighted by atomic mass is 10.0. The molecule has 3 heterocycles. The van der Waals surface area contributed by atoms with Gasteiger partial charge in [-0.1, -0.05) is 30.3 Å². The number of benzene rings is 3. The molecule has 0 aliphatic carbocycles. The highest BCUT2D eigenvalue weighted by atomic mass is 19.1. The topological polar surface area (TPSA) is 125 Å². The molecular weight excluding hydrogens is 545 g/mol. The van der Waals surface area contributed by atoms with Gasteiger partial charge in [0.05, 0.1) is 6.54 Å². The average Bonchev–Trinajstić information content (AvgIpc) is 3.29. The predicted octanol–water partition coefficient (Wildman–Crippen LogP) is 3.13. The second-order valence-corrected chi connectivity index (χ2v) is 10.3. The van der Waals surface area contributed by atoms with E-state index in [2.05, 4.69) is 22.3 Å². The Labute approximate surface area is 241 Å². The van der Waals surface area contributed by atoms with E-state index in [9.17, 15) is 18.8 Å². The van der Waals surface area contributed by atoms with Crippen LogP contribution >= 0.6 is 0 Å². The molecule has 3 aromatic carbocycles. The molecule has 11 heteroatoms. The van der Waals surface area contributed by atoms with Gasteiger partial charge in [-0.25, -0.2) is 4.39 Å². The van der Waals surface area contributed by atoms with Crippen molar-refractivity contribution in [3.8, 4) is 11.5 Å². The third-order valence-electron chi connectivity index (χ3n) is 7.40. The maximum atomic E-state index is 13.0. The summed E-state index contributed by atoms with van der Waals surface area (Å²) < 4.78 is 25.0. The molecule has 10 nitrogen and oxygen atoms in total. The summed E-state index contributed by atoms with van der Waals surface area (Å²) in [5.41, 5.74) is 3.48. The van der Waals surface area contributed by atoms with E-state index in [0.29, 0.717) is 30.1 Å². The van der Waals surface area contributed by atoms with Crippen molar-refractivity contribution in [2.24, 2.45) is 0 Å². The van der Waals surface area contributed by atoms with Crippen molar-refractivity contribution in [2.45, 2.75) is 44.7 Å². The van der Waals surface area contributed by atoms with Crippen LogP contribution in [0.2, 0.25) is 0 Å². The summed E-state index contributed by atoms with van der Waals surface area (Å²) in [7, 11) is 0. The van der Waals surface area contributed by atoms with E-state index in [0.717, 1.165) is 30.8 Å². The zero-order valence-corrected chi connectivity index (χ0v) is 22.7. The Bertz CT molecular complexity index is 1460. The van der Waals surface area contributed by atoms with Crippen molar-refractivity contribution >= 4 is 24.2 Å². The third kappa shape index (κ3) is 6.58. The third-order valence-corrected chi connectivity index (χ3v) is 7.40. The number of carbonyl (C=O) groups is 4. The standard InChI is InChI=1S/C30H28FN3O5.CH2O2/c31-21-8-10-22(11-9-21)39-23-15-33(16-23)14-19-4-6-20(7-5-19)18-38-27-3-1-2-24-25(27)17-34(30(24)37)26-12-13-28(35)32-29(26)36;2-1-3/h1-11,23,26H,12-18H2,(H,32,35,36);1H,(H,2,3). The first kappa shape index (κ1) is 28.7. The molecule has 218 valence electrons. The minimum absolute atomic E-state index is 0.105. The average molecular weight is 576 g/mol. The molecule has 1 unspecified atom stereocenters. The number of imide groups is 1. The molecule has 6 rings (SSSR count). The van der Waals surface area contributed by atoms with Crippen LogP contribution in [0, 0.1) is 5.82 Å². The summed E-state index contributed by atoms with van der Waals surface area (Å²) in [4.78, 5) is 49.0. The van der Waals surface area contributed by atoms with Crippen LogP contribution in [0.25, 0.3) is 0 Å². The van der Waals surface area contributed by atoms with Gasteiger partial charge in [-0.15, -0.1) is 0 Å². The van der Waals surface area contributed by atoms with Gasteiger partial charge in [0.2, 0.25) is 11.8 Å². The number of ether oxygens (including phenoxy) is 2. The van der Waals surface area contributed by atoms with Crippen LogP contribution in [0.15, 0.2) is 66.7 Å². The number of nitrogens with zero attached hydrogens (tertiary/aromatic N) is 2. The van der Waals surface area contributed by atoms with Crippen LogP contribution in [0.5, 0.6) is 11.5 Å². The van der Waals surface area contributed by atoms with Crippen LogP contribution in [0.4, 0.5) is 4.39 Å². The van der Waals surface area contributed by atoms with Gasteiger partial charge >= 0.3 is 0 Å². The van der Waals surface area contributed by atoms with Gasteiger partial charge in [-0.05, 0) is 53.9 Å². The highest BCUT2D eigenvalue weighted by Crippen LogP contribution is 2.34. The molecule has 2 saturated heterocycles. The number of carboxylic acid groups (broad SMARTS) is 1. The molecule has 0 spiro atoms. The van der Waals surface area contributed by atoms with E-state index < -0.39 is 11.9 Å². The zero-order valence-electron chi connectivity index (χ0n) is 22.7. The molecule has 3 aliphatic rings. The van der Waals surface area contributed by atoms with Gasteiger partial charge in [0.25, 0.3) is 12.4 Å². The molecule has 0 radical (unpaired) electrons. The van der Waals surface area contributed by atoms with Crippen molar-refractivity contribution in [3.63, 3.8) is 0 Å². The number of fused-ring (bicyclic) bond motifs is 1. The largest absolute Gasteiger partial charge is 0.489 e. The van der Waals surface area contributed by atoms with Gasteiger partial charge < -0.3 is 19.5 Å². The van der Waals surface area contributed by atoms with Crippen LogP contribution in [0.3, 0.4) is 0 Å². The molecule has 3 aliphatic heterocycles. The Hall–Kier alpha value is -4.77. The molecule has 0 aromatic heterocycles. The molecule has 3 amide bonds. The smallest absolute Gasteiger partial charge is 0.290 e. The number of carbonyl (C=O) groups excluding carboxylic acids is 3. The quantitative estimate of drug-likeness (QED) is 0.310. The first-order valence-corrected chi connectivity index (χ1v) is 13.5. The Morgan fingerprint density at radius 3 is 2.36 bits per heavy atom. The molecule has 42 heavy (non-hydrogen) atoms. The molecule has 2 fully saturated rings. The predicted molar refractivity (Wildman–Crippen MR) is 148 cm³/mol. The van der Waals surface area contributed by atoms with E-state index in [1.807, 2.05) is 18.2 Å². The van der Waals surface area contributed by atoms with Crippen molar-refractivity contribution in [2.75, 3.05) is 13.1 Å². The first-order valence-electron chi connectivity index (χ1n) is 13.5. The summed E-state index contributed by atoms with van der Waals surface area (Å²) in [6.45, 7) is 2.82. The number of likely N-dealkylation sites (tertiary alicyclic amines) is 1. The Morgan fingerprint density at radius 2 is 1.67 bits per heavy atom. The lowest BCUT2D eigenvalue weighted by molar-refractivity contribution is -0.137. The number of hydrogen-bond acceptors (Lipinski definition) is 7. The minimum Gasteiger partial charge on any atom is -0.489 e. The van der Waals surface area contributed by atoms with E-state index in [-0.39, 0.29) is 43.2 Å².